The summed E-state index contributed by atoms with van der Waals surface area (Å²) in [5.41, 5.74) is 7.30. The maximum atomic E-state index is 5.91. The molecule has 1 unspecified atom stereocenters. The standard InChI is InChI=1S/C15H24BrN/c1-3-12(4-2)9-13(11-17)10-14-7-5-6-8-15(14)16/h5-8,12-13H,3-4,9-11,17H2,1-2H3. The molecule has 0 saturated carbocycles. The average Bonchev–Trinajstić information content (AvgIpc) is 2.36. The first-order valence-corrected chi connectivity index (χ1v) is 7.43. The summed E-state index contributed by atoms with van der Waals surface area (Å²) in [7, 11) is 0. The molecule has 1 aromatic carbocycles. The molecule has 0 saturated heterocycles. The topological polar surface area (TPSA) is 26.0 Å². The van der Waals surface area contributed by atoms with E-state index >= 15 is 0 Å². The molecule has 0 spiro atoms. The highest BCUT2D eigenvalue weighted by atomic mass is 79.9. The first kappa shape index (κ1) is 14.7. The first-order valence-electron chi connectivity index (χ1n) is 6.64. The van der Waals surface area contributed by atoms with Gasteiger partial charge in [-0.25, -0.2) is 0 Å². The van der Waals surface area contributed by atoms with Crippen molar-refractivity contribution < 1.29 is 0 Å². The summed E-state index contributed by atoms with van der Waals surface area (Å²) in [5.74, 6) is 1.43. The molecule has 0 fully saturated rings. The third-order valence-electron chi connectivity index (χ3n) is 3.62. The Kier molecular flexibility index (Phi) is 6.83. The smallest absolute Gasteiger partial charge is 0.0207 e. The number of rotatable bonds is 7. The van der Waals surface area contributed by atoms with Crippen molar-refractivity contribution in [1.82, 2.24) is 0 Å². The zero-order valence-electron chi connectivity index (χ0n) is 11.0. The molecule has 1 nitrogen and oxygen atoms in total. The number of hydrogen-bond donors (Lipinski definition) is 1. The lowest BCUT2D eigenvalue weighted by Gasteiger charge is -2.21. The fourth-order valence-electron chi connectivity index (χ4n) is 2.33. The number of benzene rings is 1. The third kappa shape index (κ3) is 4.81. The van der Waals surface area contributed by atoms with Gasteiger partial charge in [0.05, 0.1) is 0 Å². The molecule has 0 aliphatic heterocycles. The van der Waals surface area contributed by atoms with Crippen LogP contribution in [0.2, 0.25) is 0 Å². The van der Waals surface area contributed by atoms with Gasteiger partial charge in [-0.3, -0.25) is 0 Å². The van der Waals surface area contributed by atoms with Gasteiger partial charge in [-0.1, -0.05) is 60.8 Å². The Morgan fingerprint density at radius 1 is 1.12 bits per heavy atom. The van der Waals surface area contributed by atoms with Crippen molar-refractivity contribution in [3.63, 3.8) is 0 Å². The van der Waals surface area contributed by atoms with Gasteiger partial charge in [0.2, 0.25) is 0 Å². The van der Waals surface area contributed by atoms with Crippen LogP contribution in [-0.4, -0.2) is 6.54 Å². The molecule has 2 N–H and O–H groups in total. The summed E-state index contributed by atoms with van der Waals surface area (Å²) in [4.78, 5) is 0. The van der Waals surface area contributed by atoms with Crippen LogP contribution in [0.25, 0.3) is 0 Å². The minimum atomic E-state index is 0.610. The second kappa shape index (κ2) is 7.88. The van der Waals surface area contributed by atoms with E-state index in [4.69, 9.17) is 5.73 Å². The molecule has 0 heterocycles. The fraction of sp³-hybridized carbons (Fsp3) is 0.600. The number of nitrogens with two attached hydrogens (primary N) is 1. The van der Waals surface area contributed by atoms with Crippen LogP contribution >= 0.6 is 15.9 Å². The predicted octanol–water partition coefficient (Wildman–Crippen LogP) is 4.39. The molecule has 17 heavy (non-hydrogen) atoms. The highest BCUT2D eigenvalue weighted by Crippen LogP contribution is 2.24. The lowest BCUT2D eigenvalue weighted by molar-refractivity contribution is 0.356. The molecular weight excluding hydrogens is 274 g/mol. The Labute approximate surface area is 114 Å². The molecule has 0 amide bonds. The second-order valence-corrected chi connectivity index (χ2v) is 5.67. The van der Waals surface area contributed by atoms with Gasteiger partial charge in [0, 0.05) is 4.47 Å². The van der Waals surface area contributed by atoms with Gasteiger partial charge in [-0.05, 0) is 42.9 Å². The lowest BCUT2D eigenvalue weighted by Crippen LogP contribution is -2.20. The van der Waals surface area contributed by atoms with Gasteiger partial charge < -0.3 is 5.73 Å². The van der Waals surface area contributed by atoms with Gasteiger partial charge in [0.1, 0.15) is 0 Å². The van der Waals surface area contributed by atoms with Crippen molar-refractivity contribution in [1.29, 1.82) is 0 Å². The number of halogens is 1. The quantitative estimate of drug-likeness (QED) is 0.793. The van der Waals surface area contributed by atoms with E-state index in [-0.39, 0.29) is 0 Å². The van der Waals surface area contributed by atoms with Crippen LogP contribution in [0.5, 0.6) is 0 Å². The molecule has 1 rings (SSSR count). The molecule has 1 aromatic rings. The van der Waals surface area contributed by atoms with Gasteiger partial charge in [0.25, 0.3) is 0 Å². The minimum Gasteiger partial charge on any atom is -0.330 e. The second-order valence-electron chi connectivity index (χ2n) is 4.82. The molecule has 1 atom stereocenters. The van der Waals surface area contributed by atoms with E-state index in [0.29, 0.717) is 5.92 Å². The van der Waals surface area contributed by atoms with Crippen molar-refractivity contribution in [2.75, 3.05) is 6.54 Å². The van der Waals surface area contributed by atoms with E-state index < -0.39 is 0 Å². The van der Waals surface area contributed by atoms with Gasteiger partial charge in [0.15, 0.2) is 0 Å². The summed E-state index contributed by atoms with van der Waals surface area (Å²) in [5, 5.41) is 0. The Morgan fingerprint density at radius 2 is 1.76 bits per heavy atom. The van der Waals surface area contributed by atoms with Crippen LogP contribution in [0.1, 0.15) is 38.7 Å². The van der Waals surface area contributed by atoms with Gasteiger partial charge >= 0.3 is 0 Å². The highest BCUT2D eigenvalue weighted by Gasteiger charge is 2.14. The van der Waals surface area contributed by atoms with Gasteiger partial charge in [-0.2, -0.15) is 0 Å². The SMILES string of the molecule is CCC(CC)CC(CN)Cc1ccccc1Br. The maximum Gasteiger partial charge on any atom is 0.0207 e. The molecule has 2 heteroatoms. The summed E-state index contributed by atoms with van der Waals surface area (Å²) < 4.78 is 1.21. The van der Waals surface area contributed by atoms with E-state index in [9.17, 15) is 0 Å². The van der Waals surface area contributed by atoms with Crippen LogP contribution in [0.15, 0.2) is 28.7 Å². The molecule has 96 valence electrons. The Hall–Kier alpha value is -0.340. The molecule has 0 aliphatic carbocycles. The van der Waals surface area contributed by atoms with E-state index in [1.807, 2.05) is 0 Å². The molecular formula is C15H24BrN. The summed E-state index contributed by atoms with van der Waals surface area (Å²) in [6.45, 7) is 5.35. The average molecular weight is 298 g/mol. The van der Waals surface area contributed by atoms with Crippen LogP contribution in [-0.2, 0) is 6.42 Å². The minimum absolute atomic E-state index is 0.610. The van der Waals surface area contributed by atoms with Crippen LogP contribution in [0.3, 0.4) is 0 Å². The zero-order chi connectivity index (χ0) is 12.7. The van der Waals surface area contributed by atoms with E-state index in [2.05, 4.69) is 54.0 Å². The highest BCUT2D eigenvalue weighted by molar-refractivity contribution is 9.10. The predicted molar refractivity (Wildman–Crippen MR) is 79.1 cm³/mol. The van der Waals surface area contributed by atoms with Gasteiger partial charge in [-0.15, -0.1) is 0 Å². The van der Waals surface area contributed by atoms with Crippen molar-refractivity contribution >= 4 is 15.9 Å². The van der Waals surface area contributed by atoms with Crippen molar-refractivity contribution in [2.45, 2.75) is 39.5 Å². The van der Waals surface area contributed by atoms with E-state index in [1.165, 1.54) is 29.3 Å². The molecule has 0 bridgehead atoms. The summed E-state index contributed by atoms with van der Waals surface area (Å²) in [6.07, 6.45) is 4.88. The fourth-order valence-corrected chi connectivity index (χ4v) is 2.78. The van der Waals surface area contributed by atoms with Crippen molar-refractivity contribution in [3.8, 4) is 0 Å². The molecule has 0 aromatic heterocycles. The Morgan fingerprint density at radius 3 is 2.29 bits per heavy atom. The molecule has 0 aliphatic rings. The van der Waals surface area contributed by atoms with Crippen molar-refractivity contribution in [3.05, 3.63) is 34.3 Å². The van der Waals surface area contributed by atoms with Crippen LogP contribution in [0.4, 0.5) is 0 Å². The first-order chi connectivity index (χ1) is 8.21. The monoisotopic (exact) mass is 297 g/mol. The molecule has 0 radical (unpaired) electrons. The number of hydrogen-bond acceptors (Lipinski definition) is 1. The van der Waals surface area contributed by atoms with E-state index in [1.54, 1.807) is 0 Å². The largest absolute Gasteiger partial charge is 0.330 e. The summed E-state index contributed by atoms with van der Waals surface area (Å²) in [6, 6.07) is 8.47. The van der Waals surface area contributed by atoms with Crippen molar-refractivity contribution in [2.24, 2.45) is 17.6 Å². The third-order valence-corrected chi connectivity index (χ3v) is 4.39. The normalized spacial score (nSPS) is 13.0. The van der Waals surface area contributed by atoms with Crippen LogP contribution < -0.4 is 5.73 Å². The maximum absolute atomic E-state index is 5.91. The Balaban J connectivity index is 2.61. The summed E-state index contributed by atoms with van der Waals surface area (Å²) >= 11 is 3.61. The lowest BCUT2D eigenvalue weighted by atomic mass is 9.87. The van der Waals surface area contributed by atoms with Crippen LogP contribution in [0, 0.1) is 11.8 Å². The Bertz CT molecular complexity index is 320. The zero-order valence-corrected chi connectivity index (χ0v) is 12.5. The van der Waals surface area contributed by atoms with E-state index in [0.717, 1.165) is 18.9 Å².